The second-order valence-electron chi connectivity index (χ2n) is 4.94. The molecule has 0 aromatic carbocycles. The lowest BCUT2D eigenvalue weighted by Gasteiger charge is -2.14. The highest BCUT2D eigenvalue weighted by Crippen LogP contribution is 2.14. The van der Waals surface area contributed by atoms with Crippen LogP contribution in [0.2, 0.25) is 0 Å². The molecule has 0 aliphatic carbocycles. The first-order chi connectivity index (χ1) is 9.52. The maximum Gasteiger partial charge on any atom is 0.303 e. The minimum absolute atomic E-state index is 0.134. The number of carboxylic acids is 1. The van der Waals surface area contributed by atoms with Crippen LogP contribution in [-0.2, 0) is 4.79 Å². The molecule has 0 bridgehead atoms. The van der Waals surface area contributed by atoms with Gasteiger partial charge in [0.05, 0.1) is 5.56 Å². The molecule has 1 aromatic heterocycles. The largest absolute Gasteiger partial charge is 0.481 e. The molecule has 1 atom stereocenters. The SMILES string of the molecule is CCC(CCNC(=O)c1ccc(C)nc1)CCC(=O)O. The highest BCUT2D eigenvalue weighted by Gasteiger charge is 2.10. The summed E-state index contributed by atoms with van der Waals surface area (Å²) in [6.45, 7) is 4.47. The molecule has 5 nitrogen and oxygen atoms in total. The second-order valence-corrected chi connectivity index (χ2v) is 4.94. The van der Waals surface area contributed by atoms with Gasteiger partial charge in [0.15, 0.2) is 0 Å². The number of nitrogens with one attached hydrogen (secondary N) is 1. The van der Waals surface area contributed by atoms with Gasteiger partial charge in [-0.1, -0.05) is 13.3 Å². The van der Waals surface area contributed by atoms with Gasteiger partial charge in [-0.15, -0.1) is 0 Å². The zero-order valence-corrected chi connectivity index (χ0v) is 12.1. The van der Waals surface area contributed by atoms with Gasteiger partial charge in [-0.25, -0.2) is 0 Å². The third-order valence-corrected chi connectivity index (χ3v) is 3.36. The van der Waals surface area contributed by atoms with Crippen molar-refractivity contribution in [3.63, 3.8) is 0 Å². The molecule has 1 rings (SSSR count). The quantitative estimate of drug-likeness (QED) is 0.765. The van der Waals surface area contributed by atoms with Crippen molar-refractivity contribution >= 4 is 11.9 Å². The lowest BCUT2D eigenvalue weighted by atomic mass is 9.96. The van der Waals surface area contributed by atoms with Crippen LogP contribution in [0, 0.1) is 12.8 Å². The zero-order valence-electron chi connectivity index (χ0n) is 12.1. The number of amides is 1. The molecule has 0 spiro atoms. The average Bonchev–Trinajstić information content (AvgIpc) is 2.42. The lowest BCUT2D eigenvalue weighted by Crippen LogP contribution is -2.26. The molecule has 1 amide bonds. The van der Waals surface area contributed by atoms with E-state index < -0.39 is 5.97 Å². The number of pyridine rings is 1. The fourth-order valence-electron chi connectivity index (χ4n) is 1.97. The molecule has 1 aromatic rings. The summed E-state index contributed by atoms with van der Waals surface area (Å²) < 4.78 is 0. The number of carboxylic acid groups (broad SMARTS) is 1. The Kier molecular flexibility index (Phi) is 6.70. The summed E-state index contributed by atoms with van der Waals surface area (Å²) >= 11 is 0. The van der Waals surface area contributed by atoms with Gasteiger partial charge in [-0.2, -0.15) is 0 Å². The van der Waals surface area contributed by atoms with Crippen molar-refractivity contribution in [1.82, 2.24) is 10.3 Å². The predicted octanol–water partition coefficient (Wildman–Crippen LogP) is 2.40. The van der Waals surface area contributed by atoms with Gasteiger partial charge in [-0.3, -0.25) is 14.6 Å². The molecular formula is C15H22N2O3. The van der Waals surface area contributed by atoms with E-state index in [4.69, 9.17) is 5.11 Å². The van der Waals surface area contributed by atoms with Gasteiger partial charge < -0.3 is 10.4 Å². The number of aromatic nitrogens is 1. The first-order valence-corrected chi connectivity index (χ1v) is 6.95. The van der Waals surface area contributed by atoms with E-state index in [-0.39, 0.29) is 12.3 Å². The third kappa shape index (κ3) is 5.82. The van der Waals surface area contributed by atoms with Crippen LogP contribution in [0.25, 0.3) is 0 Å². The fourth-order valence-corrected chi connectivity index (χ4v) is 1.97. The zero-order chi connectivity index (χ0) is 15.0. The van der Waals surface area contributed by atoms with Crippen LogP contribution in [0.3, 0.4) is 0 Å². The van der Waals surface area contributed by atoms with Crippen LogP contribution in [0.5, 0.6) is 0 Å². The molecule has 0 saturated carbocycles. The van der Waals surface area contributed by atoms with Gasteiger partial charge in [0, 0.05) is 24.9 Å². The minimum Gasteiger partial charge on any atom is -0.481 e. The van der Waals surface area contributed by atoms with E-state index >= 15 is 0 Å². The number of aryl methyl sites for hydroxylation is 1. The predicted molar refractivity (Wildman–Crippen MR) is 76.6 cm³/mol. The van der Waals surface area contributed by atoms with Crippen molar-refractivity contribution in [3.05, 3.63) is 29.6 Å². The molecule has 110 valence electrons. The number of aliphatic carboxylic acids is 1. The normalized spacial score (nSPS) is 11.9. The monoisotopic (exact) mass is 278 g/mol. The summed E-state index contributed by atoms with van der Waals surface area (Å²) in [7, 11) is 0. The Balaban J connectivity index is 2.33. The Morgan fingerprint density at radius 3 is 2.65 bits per heavy atom. The van der Waals surface area contributed by atoms with Crippen molar-refractivity contribution in [2.45, 2.75) is 39.5 Å². The van der Waals surface area contributed by atoms with E-state index in [2.05, 4.69) is 10.3 Å². The minimum atomic E-state index is -0.766. The topological polar surface area (TPSA) is 79.3 Å². The van der Waals surface area contributed by atoms with Crippen LogP contribution in [0.4, 0.5) is 0 Å². The van der Waals surface area contributed by atoms with Crippen molar-refractivity contribution in [3.8, 4) is 0 Å². The van der Waals surface area contributed by atoms with Gasteiger partial charge in [0.2, 0.25) is 0 Å². The summed E-state index contributed by atoms with van der Waals surface area (Å²) in [5.74, 6) is -0.564. The maximum absolute atomic E-state index is 11.8. The molecule has 5 heteroatoms. The van der Waals surface area contributed by atoms with Gasteiger partial charge >= 0.3 is 5.97 Å². The number of rotatable bonds is 8. The molecule has 0 aliphatic rings. The van der Waals surface area contributed by atoms with Crippen LogP contribution in [0.15, 0.2) is 18.3 Å². The third-order valence-electron chi connectivity index (χ3n) is 3.36. The smallest absolute Gasteiger partial charge is 0.303 e. The van der Waals surface area contributed by atoms with Crippen LogP contribution >= 0.6 is 0 Å². The Morgan fingerprint density at radius 1 is 1.35 bits per heavy atom. The van der Waals surface area contributed by atoms with Crippen LogP contribution < -0.4 is 5.32 Å². The molecule has 2 N–H and O–H groups in total. The number of hydrogen-bond donors (Lipinski definition) is 2. The van der Waals surface area contributed by atoms with E-state index in [0.717, 1.165) is 18.5 Å². The number of hydrogen-bond acceptors (Lipinski definition) is 3. The summed E-state index contributed by atoms with van der Waals surface area (Å²) in [5.41, 5.74) is 1.43. The Morgan fingerprint density at radius 2 is 2.10 bits per heavy atom. The number of nitrogens with zero attached hydrogens (tertiary/aromatic N) is 1. The van der Waals surface area contributed by atoms with Crippen LogP contribution in [-0.4, -0.2) is 28.5 Å². The van der Waals surface area contributed by atoms with E-state index in [1.807, 2.05) is 13.8 Å². The maximum atomic E-state index is 11.8. The van der Waals surface area contributed by atoms with Gasteiger partial charge in [-0.05, 0) is 37.8 Å². The Hall–Kier alpha value is -1.91. The summed E-state index contributed by atoms with van der Waals surface area (Å²) in [6, 6.07) is 3.55. The fraction of sp³-hybridized carbons (Fsp3) is 0.533. The van der Waals surface area contributed by atoms with E-state index in [0.29, 0.717) is 24.4 Å². The summed E-state index contributed by atoms with van der Waals surface area (Å²) in [4.78, 5) is 26.5. The molecule has 20 heavy (non-hydrogen) atoms. The Bertz CT molecular complexity index is 443. The summed E-state index contributed by atoms with van der Waals surface area (Å²) in [6.07, 6.45) is 4.14. The molecule has 1 heterocycles. The van der Waals surface area contributed by atoms with Gasteiger partial charge in [0.25, 0.3) is 5.91 Å². The van der Waals surface area contributed by atoms with Crippen molar-refractivity contribution in [2.75, 3.05) is 6.54 Å². The lowest BCUT2D eigenvalue weighted by molar-refractivity contribution is -0.137. The highest BCUT2D eigenvalue weighted by atomic mass is 16.4. The van der Waals surface area contributed by atoms with Gasteiger partial charge in [0.1, 0.15) is 0 Å². The van der Waals surface area contributed by atoms with E-state index in [1.54, 1.807) is 18.3 Å². The molecule has 0 aliphatic heterocycles. The number of carbonyl (C=O) groups is 2. The molecule has 0 radical (unpaired) electrons. The molecular weight excluding hydrogens is 256 g/mol. The number of carbonyl (C=O) groups excluding carboxylic acids is 1. The molecule has 0 saturated heterocycles. The molecule has 1 unspecified atom stereocenters. The first kappa shape index (κ1) is 16.1. The average molecular weight is 278 g/mol. The van der Waals surface area contributed by atoms with E-state index in [9.17, 15) is 9.59 Å². The van der Waals surface area contributed by atoms with Crippen LogP contribution in [0.1, 0.15) is 48.7 Å². The van der Waals surface area contributed by atoms with Crippen molar-refractivity contribution in [1.29, 1.82) is 0 Å². The highest BCUT2D eigenvalue weighted by molar-refractivity contribution is 5.93. The van der Waals surface area contributed by atoms with E-state index in [1.165, 1.54) is 0 Å². The Labute approximate surface area is 119 Å². The van der Waals surface area contributed by atoms with Crippen molar-refractivity contribution < 1.29 is 14.7 Å². The standard InChI is InChI=1S/C15H22N2O3/c1-3-12(5-7-14(18)19)8-9-16-15(20)13-6-4-11(2)17-10-13/h4,6,10,12H,3,5,7-9H2,1-2H3,(H,16,20)(H,18,19). The van der Waals surface area contributed by atoms with Crippen molar-refractivity contribution in [2.24, 2.45) is 5.92 Å². The first-order valence-electron chi connectivity index (χ1n) is 6.95. The molecule has 0 fully saturated rings. The second kappa shape index (κ2) is 8.30. The summed E-state index contributed by atoms with van der Waals surface area (Å²) in [5, 5.41) is 11.5.